The number of hydrogen-bond donors (Lipinski definition) is 0. The number of aromatic nitrogens is 1. The standard InChI is InChI=1S/C11H10FNO4/c1-16-10(14)7-2-3-8-9(6-7)17-11(15)13(8)5-4-12/h2-3,6H,4-5H2,1H3. The Hall–Kier alpha value is -2.11. The van der Waals surface area contributed by atoms with Gasteiger partial charge in [-0.25, -0.2) is 14.0 Å². The van der Waals surface area contributed by atoms with Crippen LogP contribution in [0.4, 0.5) is 4.39 Å². The summed E-state index contributed by atoms with van der Waals surface area (Å²) >= 11 is 0. The largest absolute Gasteiger partial charge is 0.465 e. The summed E-state index contributed by atoms with van der Waals surface area (Å²) in [5.41, 5.74) is 0.979. The number of aryl methyl sites for hydroxylation is 1. The molecule has 2 rings (SSSR count). The summed E-state index contributed by atoms with van der Waals surface area (Å²) in [6, 6.07) is 4.43. The molecule has 5 nitrogen and oxygen atoms in total. The maximum Gasteiger partial charge on any atom is 0.420 e. The van der Waals surface area contributed by atoms with E-state index in [2.05, 4.69) is 4.74 Å². The second-order valence-electron chi connectivity index (χ2n) is 3.38. The molecular formula is C11H10FNO4. The zero-order valence-electron chi connectivity index (χ0n) is 9.10. The summed E-state index contributed by atoms with van der Waals surface area (Å²) in [7, 11) is 1.26. The minimum atomic E-state index is -0.659. The van der Waals surface area contributed by atoms with Crippen LogP contribution in [0.2, 0.25) is 0 Å². The lowest BCUT2D eigenvalue weighted by Gasteiger charge is -1.99. The van der Waals surface area contributed by atoms with Crippen molar-refractivity contribution in [1.29, 1.82) is 0 Å². The third-order valence-corrected chi connectivity index (χ3v) is 2.40. The summed E-state index contributed by atoms with van der Waals surface area (Å²) in [6.07, 6.45) is 0. The van der Waals surface area contributed by atoms with Crippen LogP contribution < -0.4 is 5.76 Å². The first-order valence-electron chi connectivity index (χ1n) is 4.95. The van der Waals surface area contributed by atoms with Gasteiger partial charge in [0.2, 0.25) is 0 Å². The van der Waals surface area contributed by atoms with Gasteiger partial charge in [0.25, 0.3) is 0 Å². The molecule has 0 aliphatic heterocycles. The number of rotatable bonds is 3. The first-order valence-corrected chi connectivity index (χ1v) is 4.95. The predicted molar refractivity (Wildman–Crippen MR) is 57.8 cm³/mol. The zero-order valence-corrected chi connectivity index (χ0v) is 9.10. The van der Waals surface area contributed by atoms with Crippen LogP contribution in [0.25, 0.3) is 11.1 Å². The van der Waals surface area contributed by atoms with Gasteiger partial charge in [0.1, 0.15) is 6.67 Å². The zero-order chi connectivity index (χ0) is 12.4. The molecule has 0 fully saturated rings. The molecule has 0 aliphatic rings. The number of carbonyl (C=O) groups is 1. The molecule has 0 bridgehead atoms. The molecule has 1 aromatic carbocycles. The van der Waals surface area contributed by atoms with Crippen molar-refractivity contribution in [3.8, 4) is 0 Å². The van der Waals surface area contributed by atoms with Crippen molar-refractivity contribution in [2.24, 2.45) is 0 Å². The fourth-order valence-corrected chi connectivity index (χ4v) is 1.61. The lowest BCUT2D eigenvalue weighted by molar-refractivity contribution is 0.0601. The molecule has 1 aromatic heterocycles. The quantitative estimate of drug-likeness (QED) is 0.758. The molecule has 17 heavy (non-hydrogen) atoms. The molecule has 2 aromatic rings. The summed E-state index contributed by atoms with van der Waals surface area (Å²) in [5, 5.41) is 0. The van der Waals surface area contributed by atoms with E-state index in [0.717, 1.165) is 0 Å². The Morgan fingerprint density at radius 2 is 2.29 bits per heavy atom. The number of ether oxygens (including phenoxy) is 1. The van der Waals surface area contributed by atoms with Gasteiger partial charge in [-0.1, -0.05) is 0 Å². The molecule has 0 spiro atoms. The Bertz CT molecular complexity index is 613. The number of benzene rings is 1. The van der Waals surface area contributed by atoms with E-state index in [0.29, 0.717) is 5.52 Å². The highest BCUT2D eigenvalue weighted by molar-refractivity contribution is 5.93. The molecule has 0 aliphatic carbocycles. The fourth-order valence-electron chi connectivity index (χ4n) is 1.61. The third kappa shape index (κ3) is 1.93. The molecule has 6 heteroatoms. The van der Waals surface area contributed by atoms with E-state index in [1.54, 1.807) is 0 Å². The molecule has 0 atom stereocenters. The number of oxazole rings is 1. The van der Waals surface area contributed by atoms with Crippen LogP contribution in [0.15, 0.2) is 27.4 Å². The Balaban J connectivity index is 2.57. The number of alkyl halides is 1. The Morgan fingerprint density at radius 1 is 1.53 bits per heavy atom. The van der Waals surface area contributed by atoms with Crippen LogP contribution in [0.1, 0.15) is 10.4 Å². The SMILES string of the molecule is COC(=O)c1ccc2c(c1)oc(=O)n2CCF. The summed E-state index contributed by atoms with van der Waals surface area (Å²) in [4.78, 5) is 22.7. The van der Waals surface area contributed by atoms with Crippen molar-refractivity contribution < 1.29 is 18.3 Å². The maximum absolute atomic E-state index is 12.3. The smallest absolute Gasteiger partial charge is 0.420 e. The van der Waals surface area contributed by atoms with Crippen LogP contribution in [0, 0.1) is 0 Å². The summed E-state index contributed by atoms with van der Waals surface area (Å²) < 4.78 is 22.9. The molecule has 0 saturated carbocycles. The van der Waals surface area contributed by atoms with E-state index in [9.17, 15) is 14.0 Å². The van der Waals surface area contributed by atoms with Crippen molar-refractivity contribution in [3.05, 3.63) is 34.3 Å². The number of nitrogens with zero attached hydrogens (tertiary/aromatic N) is 1. The van der Waals surface area contributed by atoms with E-state index >= 15 is 0 Å². The molecule has 0 unspecified atom stereocenters. The average Bonchev–Trinajstić information content (AvgIpc) is 2.64. The van der Waals surface area contributed by atoms with Crippen LogP contribution in [-0.4, -0.2) is 24.3 Å². The van der Waals surface area contributed by atoms with Crippen molar-refractivity contribution in [2.45, 2.75) is 6.54 Å². The van der Waals surface area contributed by atoms with E-state index in [-0.39, 0.29) is 17.7 Å². The van der Waals surface area contributed by atoms with Crippen LogP contribution in [-0.2, 0) is 11.3 Å². The molecular weight excluding hydrogens is 229 g/mol. The topological polar surface area (TPSA) is 61.4 Å². The highest BCUT2D eigenvalue weighted by Crippen LogP contribution is 2.15. The van der Waals surface area contributed by atoms with Crippen molar-refractivity contribution in [3.63, 3.8) is 0 Å². The van der Waals surface area contributed by atoms with Gasteiger partial charge in [0.05, 0.1) is 24.7 Å². The minimum absolute atomic E-state index is 0.0661. The molecule has 0 saturated heterocycles. The fraction of sp³-hybridized carbons (Fsp3) is 0.273. The third-order valence-electron chi connectivity index (χ3n) is 2.40. The number of methoxy groups -OCH3 is 1. The van der Waals surface area contributed by atoms with Gasteiger partial charge in [-0.05, 0) is 18.2 Å². The van der Waals surface area contributed by atoms with Crippen molar-refractivity contribution in [1.82, 2.24) is 4.57 Å². The van der Waals surface area contributed by atoms with Gasteiger partial charge in [-0.15, -0.1) is 0 Å². The van der Waals surface area contributed by atoms with Crippen LogP contribution in [0.5, 0.6) is 0 Å². The average molecular weight is 239 g/mol. The van der Waals surface area contributed by atoms with Gasteiger partial charge in [0.15, 0.2) is 5.58 Å². The molecule has 90 valence electrons. The lowest BCUT2D eigenvalue weighted by Crippen LogP contribution is -2.14. The predicted octanol–water partition coefficient (Wildman–Crippen LogP) is 1.35. The maximum atomic E-state index is 12.3. The van der Waals surface area contributed by atoms with Gasteiger partial charge in [0, 0.05) is 0 Å². The second kappa shape index (κ2) is 4.40. The number of carbonyl (C=O) groups excluding carboxylic acids is 1. The Labute approximate surface area is 95.4 Å². The highest BCUT2D eigenvalue weighted by atomic mass is 19.1. The molecule has 0 radical (unpaired) electrons. The van der Waals surface area contributed by atoms with E-state index in [1.165, 1.54) is 29.9 Å². The van der Waals surface area contributed by atoms with Gasteiger partial charge < -0.3 is 9.15 Å². The van der Waals surface area contributed by atoms with Crippen molar-refractivity contribution in [2.75, 3.05) is 13.8 Å². The van der Waals surface area contributed by atoms with E-state index in [4.69, 9.17) is 4.42 Å². The van der Waals surface area contributed by atoms with Crippen molar-refractivity contribution >= 4 is 17.1 Å². The Kier molecular flexibility index (Phi) is 2.95. The van der Waals surface area contributed by atoms with Crippen LogP contribution >= 0.6 is 0 Å². The first kappa shape index (κ1) is 11.4. The number of fused-ring (bicyclic) bond motifs is 1. The number of hydrogen-bond acceptors (Lipinski definition) is 4. The normalized spacial score (nSPS) is 10.7. The van der Waals surface area contributed by atoms with E-state index < -0.39 is 18.4 Å². The monoisotopic (exact) mass is 239 g/mol. The minimum Gasteiger partial charge on any atom is -0.465 e. The van der Waals surface area contributed by atoms with Gasteiger partial charge in [-0.3, -0.25) is 4.57 Å². The summed E-state index contributed by atoms with van der Waals surface area (Å²) in [5.74, 6) is -1.16. The van der Waals surface area contributed by atoms with E-state index in [1.807, 2.05) is 0 Å². The summed E-state index contributed by atoms with van der Waals surface area (Å²) in [6.45, 7) is -0.725. The number of halogens is 1. The molecule has 0 N–H and O–H groups in total. The number of esters is 1. The van der Waals surface area contributed by atoms with Gasteiger partial charge in [-0.2, -0.15) is 0 Å². The first-order chi connectivity index (χ1) is 8.17. The highest BCUT2D eigenvalue weighted by Gasteiger charge is 2.12. The molecule has 0 amide bonds. The Morgan fingerprint density at radius 3 is 2.94 bits per heavy atom. The lowest BCUT2D eigenvalue weighted by atomic mass is 10.2. The van der Waals surface area contributed by atoms with Gasteiger partial charge >= 0.3 is 11.7 Å². The van der Waals surface area contributed by atoms with Crippen LogP contribution in [0.3, 0.4) is 0 Å². The second-order valence-corrected chi connectivity index (χ2v) is 3.38. The molecule has 1 heterocycles.